The monoisotopic (exact) mass is 363 g/mol. The van der Waals surface area contributed by atoms with Crippen molar-refractivity contribution in [2.24, 2.45) is 0 Å². The number of nitrogens with one attached hydrogen (secondary N) is 1. The van der Waals surface area contributed by atoms with Gasteiger partial charge < -0.3 is 10.1 Å². The van der Waals surface area contributed by atoms with Crippen LogP contribution in [0.2, 0.25) is 0 Å². The zero-order valence-electron chi connectivity index (χ0n) is 13.4. The van der Waals surface area contributed by atoms with Gasteiger partial charge in [-0.05, 0) is 42.3 Å². The third kappa shape index (κ3) is 4.79. The molecule has 132 valence electrons. The van der Waals surface area contributed by atoms with Crippen molar-refractivity contribution in [1.82, 2.24) is 5.32 Å². The zero-order valence-corrected chi connectivity index (χ0v) is 14.3. The minimum Gasteiger partial charge on any atom is -0.489 e. The lowest BCUT2D eigenvalue weighted by Crippen LogP contribution is -2.35. The molecule has 1 fully saturated rings. The summed E-state index contributed by atoms with van der Waals surface area (Å²) in [7, 11) is -3.04. The highest BCUT2D eigenvalue weighted by molar-refractivity contribution is 7.91. The van der Waals surface area contributed by atoms with Crippen LogP contribution in [0.4, 0.5) is 4.39 Å². The van der Waals surface area contributed by atoms with Crippen LogP contribution in [0.25, 0.3) is 0 Å². The third-order valence-corrected chi connectivity index (χ3v) is 5.75. The number of rotatable bonds is 5. The van der Waals surface area contributed by atoms with Crippen LogP contribution in [0, 0.1) is 5.82 Å². The number of carbonyl (C=O) groups is 1. The number of halogens is 1. The van der Waals surface area contributed by atoms with Gasteiger partial charge in [-0.1, -0.05) is 18.2 Å². The maximum atomic E-state index is 12.9. The highest BCUT2D eigenvalue weighted by Gasteiger charge is 2.29. The lowest BCUT2D eigenvalue weighted by atomic mass is 10.1. The Kier molecular flexibility index (Phi) is 5.03. The molecule has 0 radical (unpaired) electrons. The first kappa shape index (κ1) is 17.4. The molecule has 0 bridgehead atoms. The van der Waals surface area contributed by atoms with Crippen LogP contribution in [0.3, 0.4) is 0 Å². The van der Waals surface area contributed by atoms with E-state index in [0.29, 0.717) is 17.7 Å². The first-order valence-electron chi connectivity index (χ1n) is 7.90. The number of hydrogen-bond acceptors (Lipinski definition) is 4. The molecule has 0 saturated carbocycles. The van der Waals surface area contributed by atoms with Crippen molar-refractivity contribution in [3.8, 4) is 5.75 Å². The second-order valence-corrected chi connectivity index (χ2v) is 8.25. The van der Waals surface area contributed by atoms with Gasteiger partial charge in [0.1, 0.15) is 18.2 Å². The van der Waals surface area contributed by atoms with Crippen LogP contribution in [-0.2, 0) is 16.4 Å². The molecule has 7 heteroatoms. The summed E-state index contributed by atoms with van der Waals surface area (Å²) in [5.74, 6) is -0.0279. The molecule has 1 aliphatic rings. The van der Waals surface area contributed by atoms with E-state index in [1.807, 2.05) is 0 Å². The number of ether oxygens (including phenoxy) is 1. The summed E-state index contributed by atoms with van der Waals surface area (Å²) in [5, 5.41) is 2.74. The molecule has 1 heterocycles. The van der Waals surface area contributed by atoms with E-state index in [0.717, 1.165) is 5.56 Å². The van der Waals surface area contributed by atoms with Gasteiger partial charge in [-0.25, -0.2) is 12.8 Å². The maximum absolute atomic E-state index is 12.9. The Bertz CT molecular complexity index is 865. The smallest absolute Gasteiger partial charge is 0.251 e. The van der Waals surface area contributed by atoms with Gasteiger partial charge in [-0.15, -0.1) is 0 Å². The SMILES string of the molecule is O=C(NC1CCS(=O)(=O)C1)c1cccc(OCc2ccc(F)cc2)c1. The van der Waals surface area contributed by atoms with Gasteiger partial charge in [0.05, 0.1) is 11.5 Å². The van der Waals surface area contributed by atoms with Crippen molar-refractivity contribution in [3.63, 3.8) is 0 Å². The van der Waals surface area contributed by atoms with Gasteiger partial charge in [0.2, 0.25) is 0 Å². The first-order valence-corrected chi connectivity index (χ1v) is 9.72. The Balaban J connectivity index is 1.60. The standard InChI is InChI=1S/C18H18FNO4S/c19-15-6-4-13(5-7-15)11-24-17-3-1-2-14(10-17)18(21)20-16-8-9-25(22,23)12-16/h1-7,10,16H,8-9,11-12H2,(H,20,21). The van der Waals surface area contributed by atoms with Crippen molar-refractivity contribution in [2.45, 2.75) is 19.1 Å². The molecule has 3 rings (SSSR count). The van der Waals surface area contributed by atoms with Gasteiger partial charge in [0.25, 0.3) is 5.91 Å². The van der Waals surface area contributed by atoms with Crippen LogP contribution in [0.15, 0.2) is 48.5 Å². The number of sulfone groups is 1. The molecular formula is C18H18FNO4S. The second-order valence-electron chi connectivity index (χ2n) is 6.02. The Hall–Kier alpha value is -2.41. The van der Waals surface area contributed by atoms with Crippen LogP contribution >= 0.6 is 0 Å². The Morgan fingerprint density at radius 2 is 1.96 bits per heavy atom. The highest BCUT2D eigenvalue weighted by atomic mass is 32.2. The summed E-state index contributed by atoms with van der Waals surface area (Å²) in [6.45, 7) is 0.256. The van der Waals surface area contributed by atoms with E-state index in [1.54, 1.807) is 36.4 Å². The highest BCUT2D eigenvalue weighted by Crippen LogP contribution is 2.17. The van der Waals surface area contributed by atoms with E-state index in [9.17, 15) is 17.6 Å². The Labute approximate surface area is 145 Å². The Morgan fingerprint density at radius 1 is 1.20 bits per heavy atom. The van der Waals surface area contributed by atoms with Gasteiger partial charge >= 0.3 is 0 Å². The van der Waals surface area contributed by atoms with Crippen molar-refractivity contribution in [2.75, 3.05) is 11.5 Å². The molecule has 1 N–H and O–H groups in total. The molecule has 1 saturated heterocycles. The first-order chi connectivity index (χ1) is 11.9. The van der Waals surface area contributed by atoms with Gasteiger partial charge in [-0.2, -0.15) is 0 Å². The van der Waals surface area contributed by atoms with E-state index in [2.05, 4.69) is 5.32 Å². The maximum Gasteiger partial charge on any atom is 0.251 e. The van der Waals surface area contributed by atoms with E-state index in [-0.39, 0.29) is 35.9 Å². The average Bonchev–Trinajstić information content (AvgIpc) is 2.93. The summed E-state index contributed by atoms with van der Waals surface area (Å²) < 4.78 is 41.4. The normalized spacial score (nSPS) is 18.7. The van der Waals surface area contributed by atoms with Crippen molar-refractivity contribution in [1.29, 1.82) is 0 Å². The van der Waals surface area contributed by atoms with Crippen LogP contribution < -0.4 is 10.1 Å². The van der Waals surface area contributed by atoms with Crippen LogP contribution in [0.5, 0.6) is 5.75 Å². The minimum atomic E-state index is -3.04. The molecule has 2 aromatic carbocycles. The molecule has 0 aliphatic carbocycles. The number of benzene rings is 2. The predicted octanol–water partition coefficient (Wildman–Crippen LogP) is 2.32. The van der Waals surface area contributed by atoms with Gasteiger partial charge in [-0.3, -0.25) is 4.79 Å². The second kappa shape index (κ2) is 7.23. The lowest BCUT2D eigenvalue weighted by Gasteiger charge is -2.12. The number of amides is 1. The summed E-state index contributed by atoms with van der Waals surface area (Å²) in [4.78, 5) is 12.3. The fraction of sp³-hybridized carbons (Fsp3) is 0.278. The minimum absolute atomic E-state index is 0.0144. The molecule has 25 heavy (non-hydrogen) atoms. The molecule has 1 amide bonds. The molecule has 1 atom stereocenters. The van der Waals surface area contributed by atoms with Gasteiger partial charge in [0.15, 0.2) is 9.84 Å². The van der Waals surface area contributed by atoms with E-state index in [4.69, 9.17) is 4.74 Å². The number of carbonyl (C=O) groups excluding carboxylic acids is 1. The summed E-state index contributed by atoms with van der Waals surface area (Å²) in [6, 6.07) is 12.3. The predicted molar refractivity (Wildman–Crippen MR) is 91.7 cm³/mol. The fourth-order valence-electron chi connectivity index (χ4n) is 2.65. The molecule has 1 aliphatic heterocycles. The van der Waals surface area contributed by atoms with Gasteiger partial charge in [0, 0.05) is 11.6 Å². The average molecular weight is 363 g/mol. The molecule has 0 spiro atoms. The van der Waals surface area contributed by atoms with Crippen molar-refractivity contribution < 1.29 is 22.3 Å². The summed E-state index contributed by atoms with van der Waals surface area (Å²) in [6.07, 6.45) is 0.439. The topological polar surface area (TPSA) is 72.5 Å². The fourth-order valence-corrected chi connectivity index (χ4v) is 4.33. The van der Waals surface area contributed by atoms with Crippen molar-refractivity contribution in [3.05, 3.63) is 65.5 Å². The largest absolute Gasteiger partial charge is 0.489 e. The number of hydrogen-bond donors (Lipinski definition) is 1. The van der Waals surface area contributed by atoms with Crippen molar-refractivity contribution >= 4 is 15.7 Å². The van der Waals surface area contributed by atoms with E-state index < -0.39 is 9.84 Å². The molecule has 2 aromatic rings. The summed E-state index contributed by atoms with van der Waals surface area (Å²) >= 11 is 0. The molecule has 0 aromatic heterocycles. The Morgan fingerprint density at radius 3 is 2.64 bits per heavy atom. The van der Waals surface area contributed by atoms with Crippen LogP contribution in [-0.4, -0.2) is 31.9 Å². The lowest BCUT2D eigenvalue weighted by molar-refractivity contribution is 0.0940. The molecule has 5 nitrogen and oxygen atoms in total. The molecular weight excluding hydrogens is 345 g/mol. The van der Waals surface area contributed by atoms with E-state index >= 15 is 0 Å². The van der Waals surface area contributed by atoms with Crippen LogP contribution in [0.1, 0.15) is 22.3 Å². The van der Waals surface area contributed by atoms with E-state index in [1.165, 1.54) is 12.1 Å². The molecule has 1 unspecified atom stereocenters. The quantitative estimate of drug-likeness (QED) is 0.885. The summed E-state index contributed by atoms with van der Waals surface area (Å²) in [5.41, 5.74) is 1.22. The zero-order chi connectivity index (χ0) is 17.9. The third-order valence-electron chi connectivity index (χ3n) is 3.98.